The maximum Gasteiger partial charge on any atom is 0.159 e. The van der Waals surface area contributed by atoms with E-state index in [1.54, 1.807) is 0 Å². The van der Waals surface area contributed by atoms with Gasteiger partial charge in [0.15, 0.2) is 5.82 Å². The van der Waals surface area contributed by atoms with Crippen molar-refractivity contribution in [1.82, 2.24) is 10.2 Å². The molecule has 0 fully saturated rings. The number of aromatic amines is 1. The number of nitrogens with one attached hydrogen (secondary N) is 1. The lowest BCUT2D eigenvalue weighted by molar-refractivity contribution is 0.506. The summed E-state index contributed by atoms with van der Waals surface area (Å²) in [6, 6.07) is 8.63. The van der Waals surface area contributed by atoms with Gasteiger partial charge in [-0.15, -0.1) is 0 Å². The van der Waals surface area contributed by atoms with Crippen LogP contribution in [0.1, 0.15) is 32.8 Å². The van der Waals surface area contributed by atoms with E-state index in [9.17, 15) is 0 Å². The highest BCUT2D eigenvalue weighted by molar-refractivity contribution is 14.1. The molecule has 0 unspecified atom stereocenters. The molecule has 0 saturated carbocycles. The smallest absolute Gasteiger partial charge is 0.159 e. The van der Waals surface area contributed by atoms with Crippen molar-refractivity contribution in [2.24, 2.45) is 0 Å². The highest BCUT2D eigenvalue weighted by Crippen LogP contribution is 2.30. The third-order valence-electron chi connectivity index (χ3n) is 3.57. The van der Waals surface area contributed by atoms with Gasteiger partial charge in [0.1, 0.15) is 0 Å². The van der Waals surface area contributed by atoms with Crippen LogP contribution in [0.15, 0.2) is 24.3 Å². The third-order valence-corrected chi connectivity index (χ3v) is 4.66. The van der Waals surface area contributed by atoms with Crippen molar-refractivity contribution in [2.75, 3.05) is 5.73 Å². The van der Waals surface area contributed by atoms with Crippen molar-refractivity contribution < 1.29 is 0 Å². The molecule has 0 spiro atoms. The van der Waals surface area contributed by atoms with E-state index < -0.39 is 0 Å². The summed E-state index contributed by atoms with van der Waals surface area (Å²) in [6.45, 7) is 6.74. The second-order valence-electron chi connectivity index (χ2n) is 5.11. The molecule has 3 N–H and O–H groups in total. The fourth-order valence-corrected chi connectivity index (χ4v) is 2.38. The standard InChI is InChI=1S/C14H18IN3/c1-4-14(2,3)10-7-5-9(6-8-10)12-11(15)13(16)18-17-12/h5-8H,4H2,1-3H3,(H3,16,17,18). The van der Waals surface area contributed by atoms with Gasteiger partial charge in [0.25, 0.3) is 0 Å². The number of hydrogen-bond acceptors (Lipinski definition) is 2. The average molecular weight is 355 g/mol. The molecule has 0 radical (unpaired) electrons. The van der Waals surface area contributed by atoms with Crippen LogP contribution in [0.4, 0.5) is 5.82 Å². The first kappa shape index (κ1) is 13.4. The number of aromatic nitrogens is 2. The molecular formula is C14H18IN3. The van der Waals surface area contributed by atoms with Gasteiger partial charge in [-0.2, -0.15) is 5.10 Å². The second kappa shape index (κ2) is 4.91. The zero-order valence-corrected chi connectivity index (χ0v) is 13.1. The SMILES string of the molecule is CCC(C)(C)c1ccc(-c2[nH]nc(N)c2I)cc1. The van der Waals surface area contributed by atoms with Crippen molar-refractivity contribution in [1.29, 1.82) is 0 Å². The van der Waals surface area contributed by atoms with Crippen LogP contribution in [0.2, 0.25) is 0 Å². The van der Waals surface area contributed by atoms with Crippen LogP contribution in [0, 0.1) is 3.57 Å². The molecule has 1 heterocycles. The average Bonchev–Trinajstić information content (AvgIpc) is 2.70. The van der Waals surface area contributed by atoms with Crippen LogP contribution < -0.4 is 5.73 Å². The zero-order valence-electron chi connectivity index (χ0n) is 10.9. The van der Waals surface area contributed by atoms with Crippen LogP contribution in [-0.4, -0.2) is 10.2 Å². The van der Waals surface area contributed by atoms with E-state index >= 15 is 0 Å². The Kier molecular flexibility index (Phi) is 3.66. The van der Waals surface area contributed by atoms with Crippen LogP contribution in [0.3, 0.4) is 0 Å². The molecule has 1 aromatic carbocycles. The van der Waals surface area contributed by atoms with Crippen molar-refractivity contribution >= 4 is 28.4 Å². The van der Waals surface area contributed by atoms with Crippen LogP contribution in [0.25, 0.3) is 11.3 Å². The Hall–Kier alpha value is -1.04. The summed E-state index contributed by atoms with van der Waals surface area (Å²) >= 11 is 2.22. The maximum atomic E-state index is 5.75. The fourth-order valence-electron chi connectivity index (χ4n) is 1.83. The Morgan fingerprint density at radius 3 is 2.33 bits per heavy atom. The summed E-state index contributed by atoms with van der Waals surface area (Å²) in [5, 5.41) is 7.00. The molecule has 2 rings (SSSR count). The highest BCUT2D eigenvalue weighted by atomic mass is 127. The fraction of sp³-hybridized carbons (Fsp3) is 0.357. The van der Waals surface area contributed by atoms with Gasteiger partial charge in [0, 0.05) is 5.56 Å². The number of anilines is 1. The number of benzene rings is 1. The van der Waals surface area contributed by atoms with E-state index in [0.29, 0.717) is 5.82 Å². The van der Waals surface area contributed by atoms with Gasteiger partial charge in [-0.3, -0.25) is 5.10 Å². The summed E-state index contributed by atoms with van der Waals surface area (Å²) in [5.74, 6) is 0.559. The number of rotatable bonds is 3. The molecule has 0 aliphatic rings. The van der Waals surface area contributed by atoms with Crippen LogP contribution >= 0.6 is 22.6 Å². The Morgan fingerprint density at radius 2 is 1.89 bits per heavy atom. The van der Waals surface area contributed by atoms with Gasteiger partial charge in [-0.1, -0.05) is 45.0 Å². The van der Waals surface area contributed by atoms with E-state index in [1.807, 2.05) is 0 Å². The molecule has 2 aromatic rings. The minimum atomic E-state index is 0.221. The predicted molar refractivity (Wildman–Crippen MR) is 84.5 cm³/mol. The lowest BCUT2D eigenvalue weighted by atomic mass is 9.82. The molecule has 1 aromatic heterocycles. The van der Waals surface area contributed by atoms with E-state index in [1.165, 1.54) is 5.56 Å². The van der Waals surface area contributed by atoms with Gasteiger partial charge in [0.05, 0.1) is 9.26 Å². The van der Waals surface area contributed by atoms with Crippen LogP contribution in [0.5, 0.6) is 0 Å². The van der Waals surface area contributed by atoms with Gasteiger partial charge in [-0.05, 0) is 40.0 Å². The lowest BCUT2D eigenvalue weighted by Crippen LogP contribution is -2.14. The molecule has 0 aliphatic heterocycles. The molecule has 0 saturated heterocycles. The predicted octanol–water partition coefficient (Wildman–Crippen LogP) is 3.95. The molecule has 0 bridgehead atoms. The first-order valence-corrected chi connectivity index (χ1v) is 7.14. The first-order chi connectivity index (χ1) is 8.45. The van der Waals surface area contributed by atoms with Gasteiger partial charge >= 0.3 is 0 Å². The third kappa shape index (κ3) is 2.39. The highest BCUT2D eigenvalue weighted by Gasteiger charge is 2.18. The molecule has 0 aliphatic carbocycles. The number of nitrogen functional groups attached to an aromatic ring is 1. The summed E-state index contributed by atoms with van der Waals surface area (Å²) in [4.78, 5) is 0. The minimum Gasteiger partial charge on any atom is -0.381 e. The van der Waals surface area contributed by atoms with Gasteiger partial charge < -0.3 is 5.73 Å². The largest absolute Gasteiger partial charge is 0.381 e. The van der Waals surface area contributed by atoms with Gasteiger partial charge in [-0.25, -0.2) is 0 Å². The normalized spacial score (nSPS) is 11.8. The molecule has 3 nitrogen and oxygen atoms in total. The Labute approximate surface area is 121 Å². The van der Waals surface area contributed by atoms with E-state index in [0.717, 1.165) is 21.2 Å². The van der Waals surface area contributed by atoms with Crippen molar-refractivity contribution in [3.63, 3.8) is 0 Å². The maximum absolute atomic E-state index is 5.75. The number of hydrogen-bond donors (Lipinski definition) is 2. The topological polar surface area (TPSA) is 54.7 Å². The number of halogens is 1. The molecule has 18 heavy (non-hydrogen) atoms. The Morgan fingerprint density at radius 1 is 1.28 bits per heavy atom. The minimum absolute atomic E-state index is 0.221. The molecule has 0 atom stereocenters. The summed E-state index contributed by atoms with van der Waals surface area (Å²) in [7, 11) is 0. The van der Waals surface area contributed by atoms with Crippen molar-refractivity contribution in [2.45, 2.75) is 32.6 Å². The van der Waals surface area contributed by atoms with Crippen molar-refractivity contribution in [3.05, 3.63) is 33.4 Å². The summed E-state index contributed by atoms with van der Waals surface area (Å²) in [6.07, 6.45) is 1.13. The number of H-pyrrole nitrogens is 1. The molecule has 4 heteroatoms. The number of nitrogens with zero attached hydrogens (tertiary/aromatic N) is 1. The quantitative estimate of drug-likeness (QED) is 0.819. The monoisotopic (exact) mass is 355 g/mol. The van der Waals surface area contributed by atoms with Gasteiger partial charge in [0.2, 0.25) is 0 Å². The Balaban J connectivity index is 2.36. The molecular weight excluding hydrogens is 337 g/mol. The van der Waals surface area contributed by atoms with Crippen LogP contribution in [-0.2, 0) is 5.41 Å². The first-order valence-electron chi connectivity index (χ1n) is 6.06. The van der Waals surface area contributed by atoms with Crippen molar-refractivity contribution in [3.8, 4) is 11.3 Å². The zero-order chi connectivity index (χ0) is 13.3. The Bertz CT molecular complexity index is 541. The molecule has 0 amide bonds. The van der Waals surface area contributed by atoms with E-state index in [2.05, 4.69) is 77.8 Å². The second-order valence-corrected chi connectivity index (χ2v) is 6.19. The number of nitrogens with two attached hydrogens (primary N) is 1. The summed E-state index contributed by atoms with van der Waals surface area (Å²) < 4.78 is 0.982. The van der Waals surface area contributed by atoms with E-state index in [4.69, 9.17) is 5.73 Å². The summed E-state index contributed by atoms with van der Waals surface area (Å²) in [5.41, 5.74) is 9.45. The lowest BCUT2D eigenvalue weighted by Gasteiger charge is -2.23. The van der Waals surface area contributed by atoms with E-state index in [-0.39, 0.29) is 5.41 Å². The molecule has 96 valence electrons.